The van der Waals surface area contributed by atoms with Gasteiger partial charge in [-0.1, -0.05) is 25.1 Å². The van der Waals surface area contributed by atoms with Crippen molar-refractivity contribution in [2.24, 2.45) is 5.92 Å². The van der Waals surface area contributed by atoms with Gasteiger partial charge >= 0.3 is 0 Å². The Hall–Kier alpha value is -0.830. The van der Waals surface area contributed by atoms with Gasteiger partial charge in [0.05, 0.1) is 0 Å². The van der Waals surface area contributed by atoms with Crippen LogP contribution in [0, 0.1) is 5.92 Å². The molecule has 1 aromatic rings. The predicted molar refractivity (Wildman–Crippen MR) is 66.2 cm³/mol. The summed E-state index contributed by atoms with van der Waals surface area (Å²) in [5, 5.41) is 0. The molecule has 0 aromatic heterocycles. The summed E-state index contributed by atoms with van der Waals surface area (Å²) < 4.78 is 32.3. The first kappa shape index (κ1) is 14.2. The van der Waals surface area contributed by atoms with Crippen molar-refractivity contribution >= 4 is 11.6 Å². The van der Waals surface area contributed by atoms with E-state index in [1.165, 1.54) is 0 Å². The first-order valence-corrected chi connectivity index (χ1v) is 6.24. The molecule has 1 nitrogen and oxygen atoms in total. The minimum absolute atomic E-state index is 0.128. The molecule has 0 N–H and O–H groups in total. The lowest BCUT2D eigenvalue weighted by molar-refractivity contribution is 0.0755. The van der Waals surface area contributed by atoms with Crippen molar-refractivity contribution in [3.8, 4) is 5.75 Å². The molecule has 3 atom stereocenters. The molecular formula is C13H17ClF2O. The summed E-state index contributed by atoms with van der Waals surface area (Å²) in [4.78, 5) is 0. The maximum Gasteiger partial charge on any atom is 0.165 e. The summed E-state index contributed by atoms with van der Waals surface area (Å²) >= 11 is 5.58. The van der Waals surface area contributed by atoms with Gasteiger partial charge in [-0.05, 0) is 18.6 Å². The van der Waals surface area contributed by atoms with Crippen LogP contribution in [0.1, 0.15) is 13.3 Å². The Morgan fingerprint density at radius 1 is 1.24 bits per heavy atom. The van der Waals surface area contributed by atoms with E-state index in [1.807, 2.05) is 6.07 Å². The number of benzene rings is 1. The highest BCUT2D eigenvalue weighted by Gasteiger charge is 2.28. The van der Waals surface area contributed by atoms with Crippen LogP contribution in [-0.2, 0) is 0 Å². The second-order valence-corrected chi connectivity index (χ2v) is 4.22. The van der Waals surface area contributed by atoms with Gasteiger partial charge in [0.1, 0.15) is 18.5 Å². The third-order valence-corrected chi connectivity index (χ3v) is 3.07. The molecular weight excluding hydrogens is 246 g/mol. The normalized spacial score (nSPS) is 16.2. The summed E-state index contributed by atoms with van der Waals surface area (Å²) in [5.41, 5.74) is 0. The zero-order chi connectivity index (χ0) is 12.7. The van der Waals surface area contributed by atoms with Crippen LogP contribution in [0.5, 0.6) is 5.75 Å². The van der Waals surface area contributed by atoms with Crippen LogP contribution in [0.25, 0.3) is 0 Å². The van der Waals surface area contributed by atoms with Crippen LogP contribution >= 0.6 is 11.6 Å². The van der Waals surface area contributed by atoms with E-state index in [9.17, 15) is 8.78 Å². The van der Waals surface area contributed by atoms with E-state index >= 15 is 0 Å². The van der Waals surface area contributed by atoms with Crippen LogP contribution < -0.4 is 4.74 Å². The van der Waals surface area contributed by atoms with Crippen LogP contribution in [-0.4, -0.2) is 24.8 Å². The van der Waals surface area contributed by atoms with Crippen molar-refractivity contribution < 1.29 is 13.5 Å². The predicted octanol–water partition coefficient (Wildman–Crippen LogP) is 4.01. The minimum atomic E-state index is -1.64. The van der Waals surface area contributed by atoms with Gasteiger partial charge in [0, 0.05) is 11.8 Å². The second kappa shape index (κ2) is 7.49. The quantitative estimate of drug-likeness (QED) is 0.675. The van der Waals surface area contributed by atoms with E-state index in [2.05, 4.69) is 0 Å². The molecule has 0 saturated heterocycles. The maximum atomic E-state index is 13.6. The highest BCUT2D eigenvalue weighted by molar-refractivity contribution is 6.18. The lowest BCUT2D eigenvalue weighted by Crippen LogP contribution is -2.32. The van der Waals surface area contributed by atoms with E-state index < -0.39 is 18.3 Å². The van der Waals surface area contributed by atoms with Gasteiger partial charge in [0.15, 0.2) is 6.17 Å². The first-order valence-electron chi connectivity index (χ1n) is 5.71. The third-order valence-electron chi connectivity index (χ3n) is 2.67. The molecule has 0 saturated carbocycles. The van der Waals surface area contributed by atoms with Crippen molar-refractivity contribution in [3.63, 3.8) is 0 Å². The molecule has 4 heteroatoms. The molecule has 0 heterocycles. The summed E-state index contributed by atoms with van der Waals surface area (Å²) in [5.74, 6) is 0.219. The molecule has 0 radical (unpaired) electrons. The van der Waals surface area contributed by atoms with Gasteiger partial charge in [0.2, 0.25) is 0 Å². The van der Waals surface area contributed by atoms with Crippen LogP contribution in [0.3, 0.4) is 0 Å². The molecule has 0 aliphatic carbocycles. The van der Waals surface area contributed by atoms with E-state index in [1.54, 1.807) is 31.2 Å². The zero-order valence-electron chi connectivity index (χ0n) is 9.78. The monoisotopic (exact) mass is 262 g/mol. The zero-order valence-corrected chi connectivity index (χ0v) is 10.5. The smallest absolute Gasteiger partial charge is 0.165 e. The Bertz CT molecular complexity index is 304. The summed E-state index contributed by atoms with van der Waals surface area (Å²) in [6.45, 7) is 1.52. The van der Waals surface area contributed by atoms with E-state index in [-0.39, 0.29) is 12.5 Å². The van der Waals surface area contributed by atoms with Crippen molar-refractivity contribution in [1.29, 1.82) is 0 Å². The number of para-hydroxylation sites is 1. The molecule has 3 unspecified atom stereocenters. The lowest BCUT2D eigenvalue weighted by Gasteiger charge is -2.20. The Balaban J connectivity index is 2.41. The molecule has 0 amide bonds. The van der Waals surface area contributed by atoms with Crippen LogP contribution in [0.2, 0.25) is 0 Å². The van der Waals surface area contributed by atoms with Gasteiger partial charge in [0.25, 0.3) is 0 Å². The largest absolute Gasteiger partial charge is 0.490 e. The van der Waals surface area contributed by atoms with Gasteiger partial charge in [-0.25, -0.2) is 8.78 Å². The van der Waals surface area contributed by atoms with Gasteiger partial charge < -0.3 is 4.74 Å². The Kier molecular flexibility index (Phi) is 6.27. The van der Waals surface area contributed by atoms with Gasteiger partial charge in [-0.15, -0.1) is 11.6 Å². The van der Waals surface area contributed by atoms with Crippen LogP contribution in [0.15, 0.2) is 30.3 Å². The number of alkyl halides is 3. The highest BCUT2D eigenvalue weighted by Crippen LogP contribution is 2.20. The molecule has 0 aliphatic rings. The number of rotatable bonds is 7. The minimum Gasteiger partial charge on any atom is -0.490 e. The molecule has 96 valence electrons. The molecule has 0 bridgehead atoms. The molecule has 0 fully saturated rings. The molecule has 0 spiro atoms. The van der Waals surface area contributed by atoms with E-state index in [4.69, 9.17) is 16.3 Å². The standard InChI is InChI=1S/C13H17ClF2O/c1-2-10(8-14)13(16)12(15)9-17-11-6-4-3-5-7-11/h3-7,10,12-13H,2,8-9H2,1H3. The fraction of sp³-hybridized carbons (Fsp3) is 0.538. The van der Waals surface area contributed by atoms with Gasteiger partial charge in [-0.2, -0.15) is 0 Å². The molecule has 1 rings (SSSR count). The van der Waals surface area contributed by atoms with Crippen molar-refractivity contribution in [1.82, 2.24) is 0 Å². The first-order chi connectivity index (χ1) is 8.19. The number of hydrogen-bond donors (Lipinski definition) is 0. The maximum absolute atomic E-state index is 13.6. The number of ether oxygens (including phenoxy) is 1. The SMILES string of the molecule is CCC(CCl)C(F)C(F)COc1ccccc1. The highest BCUT2D eigenvalue weighted by atomic mass is 35.5. The number of hydrogen-bond acceptors (Lipinski definition) is 1. The third kappa shape index (κ3) is 4.50. The van der Waals surface area contributed by atoms with E-state index in [0.717, 1.165) is 0 Å². The second-order valence-electron chi connectivity index (χ2n) is 3.91. The molecule has 17 heavy (non-hydrogen) atoms. The van der Waals surface area contributed by atoms with Gasteiger partial charge in [-0.3, -0.25) is 0 Å². The fourth-order valence-electron chi connectivity index (χ4n) is 1.50. The van der Waals surface area contributed by atoms with Crippen molar-refractivity contribution in [3.05, 3.63) is 30.3 Å². The summed E-state index contributed by atoms with van der Waals surface area (Å²) in [7, 11) is 0. The fourth-order valence-corrected chi connectivity index (χ4v) is 1.89. The average Bonchev–Trinajstić information content (AvgIpc) is 2.38. The van der Waals surface area contributed by atoms with Crippen molar-refractivity contribution in [2.75, 3.05) is 12.5 Å². The summed E-state index contributed by atoms with van der Waals surface area (Å²) in [6, 6.07) is 8.81. The Morgan fingerprint density at radius 2 is 1.88 bits per heavy atom. The lowest BCUT2D eigenvalue weighted by atomic mass is 9.99. The average molecular weight is 263 g/mol. The molecule has 0 aliphatic heterocycles. The molecule has 1 aromatic carbocycles. The van der Waals surface area contributed by atoms with Crippen LogP contribution in [0.4, 0.5) is 8.78 Å². The number of halogens is 3. The summed E-state index contributed by atoms with van der Waals surface area (Å²) in [6.07, 6.45) is -2.68. The Labute approximate surface area is 106 Å². The Morgan fingerprint density at radius 3 is 2.41 bits per heavy atom. The van der Waals surface area contributed by atoms with Crippen molar-refractivity contribution in [2.45, 2.75) is 25.7 Å². The van der Waals surface area contributed by atoms with E-state index in [0.29, 0.717) is 12.2 Å². The topological polar surface area (TPSA) is 9.23 Å².